The van der Waals surface area contributed by atoms with Gasteiger partial charge < -0.3 is 4.74 Å². The standard InChI is InChI=1S/C23H29ClO3/c1-14(26)27-17-6-9-21(2)16(12-17)5-8-22(3)18(21)7-10-23(4)19(22)11-15(13-25)20(23)24/h5,11,13,17-18H,6-10,12H2,1-4H3/t17-,18?,21-,22+,23-/m0/s1. The summed E-state index contributed by atoms with van der Waals surface area (Å²) >= 11 is 6.66. The summed E-state index contributed by atoms with van der Waals surface area (Å²) in [6.07, 6.45) is 11.3. The molecule has 0 aromatic rings. The van der Waals surface area contributed by atoms with E-state index in [1.54, 1.807) is 0 Å². The summed E-state index contributed by atoms with van der Waals surface area (Å²) < 4.78 is 5.52. The molecule has 0 spiro atoms. The molecule has 0 heterocycles. The molecule has 0 amide bonds. The Labute approximate surface area is 166 Å². The lowest BCUT2D eigenvalue weighted by Gasteiger charge is -2.60. The maximum Gasteiger partial charge on any atom is 0.302 e. The number of aldehydes is 1. The van der Waals surface area contributed by atoms with Crippen LogP contribution in [0.4, 0.5) is 0 Å². The zero-order chi connectivity index (χ0) is 19.6. The summed E-state index contributed by atoms with van der Waals surface area (Å²) in [4.78, 5) is 22.9. The predicted molar refractivity (Wildman–Crippen MR) is 106 cm³/mol. The third-order valence-electron chi connectivity index (χ3n) is 8.12. The van der Waals surface area contributed by atoms with Gasteiger partial charge in [-0.25, -0.2) is 0 Å². The average Bonchev–Trinajstić information content (AvgIpc) is 2.87. The van der Waals surface area contributed by atoms with Crippen molar-refractivity contribution in [2.24, 2.45) is 22.2 Å². The van der Waals surface area contributed by atoms with Crippen LogP contribution >= 0.6 is 11.6 Å². The molecule has 146 valence electrons. The maximum atomic E-state index is 11.5. The van der Waals surface area contributed by atoms with E-state index in [1.165, 1.54) is 18.1 Å². The van der Waals surface area contributed by atoms with E-state index >= 15 is 0 Å². The molecule has 0 aromatic heterocycles. The van der Waals surface area contributed by atoms with Crippen LogP contribution in [0.2, 0.25) is 0 Å². The molecule has 0 bridgehead atoms. The first-order valence-corrected chi connectivity index (χ1v) is 10.5. The average molecular weight is 389 g/mol. The van der Waals surface area contributed by atoms with Crippen LogP contribution in [-0.2, 0) is 14.3 Å². The van der Waals surface area contributed by atoms with Gasteiger partial charge in [-0.3, -0.25) is 9.59 Å². The monoisotopic (exact) mass is 388 g/mol. The number of rotatable bonds is 2. The van der Waals surface area contributed by atoms with Crippen LogP contribution in [0, 0.1) is 22.2 Å². The Morgan fingerprint density at radius 1 is 1.22 bits per heavy atom. The number of hydrogen-bond acceptors (Lipinski definition) is 3. The van der Waals surface area contributed by atoms with Crippen molar-refractivity contribution in [1.29, 1.82) is 0 Å². The van der Waals surface area contributed by atoms with Crippen molar-refractivity contribution in [1.82, 2.24) is 0 Å². The van der Waals surface area contributed by atoms with Crippen LogP contribution < -0.4 is 0 Å². The number of fused-ring (bicyclic) bond motifs is 5. The lowest BCUT2D eigenvalue weighted by atomic mass is 9.44. The van der Waals surface area contributed by atoms with Crippen LogP contribution in [-0.4, -0.2) is 18.4 Å². The van der Waals surface area contributed by atoms with Crippen LogP contribution in [0.3, 0.4) is 0 Å². The smallest absolute Gasteiger partial charge is 0.302 e. The van der Waals surface area contributed by atoms with Gasteiger partial charge in [-0.2, -0.15) is 0 Å². The Morgan fingerprint density at radius 2 is 1.96 bits per heavy atom. The Balaban J connectivity index is 1.71. The highest BCUT2D eigenvalue weighted by Gasteiger charge is 2.60. The molecule has 0 saturated heterocycles. The molecule has 4 aliphatic rings. The largest absolute Gasteiger partial charge is 0.462 e. The minimum atomic E-state index is -0.195. The number of ether oxygens (including phenoxy) is 1. The van der Waals surface area contributed by atoms with Crippen molar-refractivity contribution in [2.45, 2.75) is 72.3 Å². The van der Waals surface area contributed by atoms with E-state index in [0.717, 1.165) is 49.8 Å². The van der Waals surface area contributed by atoms with Crippen molar-refractivity contribution < 1.29 is 14.3 Å². The lowest BCUT2D eigenvalue weighted by molar-refractivity contribution is -0.148. The van der Waals surface area contributed by atoms with Crippen LogP contribution in [0.15, 0.2) is 33.9 Å². The molecule has 3 nitrogen and oxygen atoms in total. The molecule has 4 rings (SSSR count). The second kappa shape index (κ2) is 6.07. The fourth-order valence-electron chi connectivity index (χ4n) is 6.74. The fraction of sp³-hybridized carbons (Fsp3) is 0.652. The normalized spacial score (nSPS) is 43.1. The minimum absolute atomic E-state index is 0.0171. The first-order chi connectivity index (χ1) is 12.6. The number of carbonyl (C=O) groups excluding carboxylic acids is 2. The Bertz CT molecular complexity index is 806. The van der Waals surface area contributed by atoms with E-state index in [1.807, 2.05) is 0 Å². The van der Waals surface area contributed by atoms with Crippen LogP contribution in [0.5, 0.6) is 0 Å². The zero-order valence-electron chi connectivity index (χ0n) is 16.7. The number of allylic oxidation sites excluding steroid dienone is 5. The molecule has 27 heavy (non-hydrogen) atoms. The molecule has 4 heteroatoms. The summed E-state index contributed by atoms with van der Waals surface area (Å²) in [6, 6.07) is 0. The second-order valence-electron chi connectivity index (χ2n) is 9.61. The molecule has 0 aromatic carbocycles. The molecule has 0 N–H and O–H groups in total. The first kappa shape index (κ1) is 19.0. The molecule has 0 aliphatic heterocycles. The van der Waals surface area contributed by atoms with Crippen molar-refractivity contribution in [2.75, 3.05) is 0 Å². The van der Waals surface area contributed by atoms with Gasteiger partial charge in [-0.1, -0.05) is 49.6 Å². The summed E-state index contributed by atoms with van der Waals surface area (Å²) in [5.74, 6) is 0.342. The topological polar surface area (TPSA) is 43.4 Å². The van der Waals surface area contributed by atoms with E-state index < -0.39 is 0 Å². The zero-order valence-corrected chi connectivity index (χ0v) is 17.5. The molecular weight excluding hydrogens is 360 g/mol. The van der Waals surface area contributed by atoms with E-state index in [0.29, 0.717) is 11.5 Å². The van der Waals surface area contributed by atoms with Gasteiger partial charge in [0.2, 0.25) is 0 Å². The summed E-state index contributed by atoms with van der Waals surface area (Å²) in [5.41, 5.74) is 3.41. The minimum Gasteiger partial charge on any atom is -0.462 e. The van der Waals surface area contributed by atoms with Gasteiger partial charge >= 0.3 is 5.97 Å². The third-order valence-corrected chi connectivity index (χ3v) is 8.75. The second-order valence-corrected chi connectivity index (χ2v) is 9.99. The van der Waals surface area contributed by atoms with Crippen molar-refractivity contribution >= 4 is 23.9 Å². The molecule has 5 atom stereocenters. The summed E-state index contributed by atoms with van der Waals surface area (Å²) in [6.45, 7) is 8.47. The van der Waals surface area contributed by atoms with Gasteiger partial charge in [0.1, 0.15) is 6.10 Å². The van der Waals surface area contributed by atoms with Gasteiger partial charge in [0.25, 0.3) is 0 Å². The van der Waals surface area contributed by atoms with Gasteiger partial charge in [0.05, 0.1) is 0 Å². The van der Waals surface area contributed by atoms with E-state index in [9.17, 15) is 9.59 Å². The highest BCUT2D eigenvalue weighted by Crippen LogP contribution is 2.69. The first-order valence-electron chi connectivity index (χ1n) is 10.1. The number of halogens is 1. The number of hydrogen-bond donors (Lipinski definition) is 0. The van der Waals surface area contributed by atoms with E-state index in [2.05, 4.69) is 32.9 Å². The lowest BCUT2D eigenvalue weighted by Crippen LogP contribution is -2.52. The molecular formula is C23H29ClO3. The van der Waals surface area contributed by atoms with Crippen LogP contribution in [0.1, 0.15) is 66.2 Å². The van der Waals surface area contributed by atoms with Crippen molar-refractivity contribution in [3.8, 4) is 0 Å². The molecule has 2 fully saturated rings. The van der Waals surface area contributed by atoms with Crippen molar-refractivity contribution in [3.63, 3.8) is 0 Å². The highest BCUT2D eigenvalue weighted by atomic mass is 35.5. The SMILES string of the molecule is CC(=O)O[C@H]1CC[C@@]2(C)C(=CC[C@@]3(C)C4=CC(C=O)=C(Cl)[C@@]4(C)CCC23)C1. The Hall–Kier alpha value is -1.35. The number of esters is 1. The molecule has 2 saturated carbocycles. The Morgan fingerprint density at radius 3 is 2.63 bits per heavy atom. The van der Waals surface area contributed by atoms with Crippen molar-refractivity contribution in [3.05, 3.63) is 33.9 Å². The summed E-state index contributed by atoms with van der Waals surface area (Å²) in [5, 5.41) is 0.727. The third kappa shape index (κ3) is 2.53. The van der Waals surface area contributed by atoms with Gasteiger partial charge in [-0.15, -0.1) is 0 Å². The number of carbonyl (C=O) groups is 2. The quantitative estimate of drug-likeness (QED) is 0.356. The van der Waals surface area contributed by atoms with E-state index in [-0.39, 0.29) is 28.3 Å². The molecule has 4 aliphatic carbocycles. The Kier molecular flexibility index (Phi) is 4.27. The van der Waals surface area contributed by atoms with Gasteiger partial charge in [-0.05, 0) is 54.9 Å². The van der Waals surface area contributed by atoms with Gasteiger partial charge in [0, 0.05) is 29.4 Å². The van der Waals surface area contributed by atoms with Gasteiger partial charge in [0.15, 0.2) is 6.29 Å². The summed E-state index contributed by atoms with van der Waals surface area (Å²) in [7, 11) is 0. The molecule has 1 unspecified atom stereocenters. The maximum absolute atomic E-state index is 11.5. The van der Waals surface area contributed by atoms with E-state index in [4.69, 9.17) is 16.3 Å². The fourth-order valence-corrected chi connectivity index (χ4v) is 7.04. The van der Waals surface area contributed by atoms with Crippen LogP contribution in [0.25, 0.3) is 0 Å². The predicted octanol–water partition coefficient (Wildman–Crippen LogP) is 5.49. The molecule has 0 radical (unpaired) electrons. The highest BCUT2D eigenvalue weighted by molar-refractivity contribution is 6.33.